The molecule has 5 nitrogen and oxygen atoms in total. The maximum atomic E-state index is 13.7. The van der Waals surface area contributed by atoms with E-state index in [1.165, 1.54) is 18.3 Å². The first-order valence-corrected chi connectivity index (χ1v) is 9.36. The second-order valence-corrected chi connectivity index (χ2v) is 6.27. The number of pyridine rings is 1. The van der Waals surface area contributed by atoms with Crippen molar-refractivity contribution in [3.05, 3.63) is 71.4 Å². The molecule has 9 heteroatoms. The van der Waals surface area contributed by atoms with E-state index < -0.39 is 29.4 Å². The number of hydrogen-bond acceptors (Lipinski definition) is 4. The molecule has 3 aromatic rings. The second kappa shape index (κ2) is 8.63. The predicted octanol–water partition coefficient (Wildman–Crippen LogP) is 5.94. The zero-order valence-electron chi connectivity index (χ0n) is 16.8. The lowest BCUT2D eigenvalue weighted by atomic mass is 10.0. The highest BCUT2D eigenvalue weighted by Gasteiger charge is 2.44. The van der Waals surface area contributed by atoms with Gasteiger partial charge in [0, 0.05) is 11.8 Å². The van der Waals surface area contributed by atoms with Crippen LogP contribution in [0.25, 0.3) is 11.1 Å². The fourth-order valence-electron chi connectivity index (χ4n) is 2.91. The van der Waals surface area contributed by atoms with E-state index in [1.807, 2.05) is 13.8 Å². The molecule has 1 aliphatic rings. The number of amides is 1. The third-order valence-electron chi connectivity index (χ3n) is 4.22. The maximum absolute atomic E-state index is 13.7. The largest absolute Gasteiger partial charge is 0.586 e. The summed E-state index contributed by atoms with van der Waals surface area (Å²) in [6.45, 7) is 5.60. The highest BCUT2D eigenvalue weighted by Crippen LogP contribution is 2.45. The number of fused-ring (bicyclic) bond motifs is 1. The van der Waals surface area contributed by atoms with Crippen molar-refractivity contribution in [3.8, 4) is 22.6 Å². The topological polar surface area (TPSA) is 60.5 Å². The lowest BCUT2D eigenvalue weighted by Gasteiger charge is -2.08. The zero-order valence-corrected chi connectivity index (χ0v) is 16.8. The number of aromatic nitrogens is 1. The summed E-state index contributed by atoms with van der Waals surface area (Å²) >= 11 is 0. The van der Waals surface area contributed by atoms with E-state index in [2.05, 4.69) is 19.8 Å². The van der Waals surface area contributed by atoms with Gasteiger partial charge >= 0.3 is 6.29 Å². The van der Waals surface area contributed by atoms with Crippen LogP contribution >= 0.6 is 0 Å². The molecular formula is C22H18F4N2O3. The van der Waals surface area contributed by atoms with Crippen LogP contribution in [0.3, 0.4) is 0 Å². The van der Waals surface area contributed by atoms with Crippen molar-refractivity contribution < 1.29 is 31.8 Å². The smallest absolute Gasteiger partial charge is 0.395 e. The molecule has 31 heavy (non-hydrogen) atoms. The van der Waals surface area contributed by atoms with Gasteiger partial charge in [0.15, 0.2) is 11.5 Å². The predicted molar refractivity (Wildman–Crippen MR) is 106 cm³/mol. The molecule has 162 valence electrons. The average Bonchev–Trinajstić information content (AvgIpc) is 3.04. The molecule has 0 aliphatic carbocycles. The molecule has 2 aromatic carbocycles. The molecule has 0 spiro atoms. The van der Waals surface area contributed by atoms with Gasteiger partial charge in [-0.05, 0) is 54.4 Å². The molecule has 0 fully saturated rings. The monoisotopic (exact) mass is 434 g/mol. The zero-order chi connectivity index (χ0) is 22.8. The Labute approximate surface area is 175 Å². The van der Waals surface area contributed by atoms with Crippen LogP contribution in [0.4, 0.5) is 23.4 Å². The number of benzene rings is 2. The summed E-state index contributed by atoms with van der Waals surface area (Å²) in [5.41, 5.74) is 0.811. The van der Waals surface area contributed by atoms with Gasteiger partial charge in [0.2, 0.25) is 0 Å². The lowest BCUT2D eigenvalue weighted by molar-refractivity contribution is -0.286. The van der Waals surface area contributed by atoms with Gasteiger partial charge in [0.1, 0.15) is 23.0 Å². The van der Waals surface area contributed by atoms with E-state index in [0.29, 0.717) is 16.7 Å². The summed E-state index contributed by atoms with van der Waals surface area (Å²) in [4.78, 5) is 16.1. The Morgan fingerprint density at radius 2 is 1.68 bits per heavy atom. The summed E-state index contributed by atoms with van der Waals surface area (Å²) in [6.07, 6.45) is -2.34. The van der Waals surface area contributed by atoms with E-state index in [4.69, 9.17) is 0 Å². The summed E-state index contributed by atoms with van der Waals surface area (Å²) in [7, 11) is 0. The Bertz CT molecular complexity index is 1100. The maximum Gasteiger partial charge on any atom is 0.586 e. The number of nitrogens with one attached hydrogen (secondary N) is 1. The summed E-state index contributed by atoms with van der Waals surface area (Å²) in [6, 6.07) is 9.08. The molecule has 0 atom stereocenters. The van der Waals surface area contributed by atoms with Crippen molar-refractivity contribution in [1.82, 2.24) is 4.98 Å². The fourth-order valence-corrected chi connectivity index (χ4v) is 2.91. The number of aryl methyl sites for hydroxylation is 1. The first-order valence-electron chi connectivity index (χ1n) is 9.36. The quantitative estimate of drug-likeness (QED) is 0.519. The molecule has 1 amide bonds. The number of anilines is 1. The third kappa shape index (κ3) is 4.60. The first-order chi connectivity index (χ1) is 14.7. The van der Waals surface area contributed by atoms with Crippen molar-refractivity contribution in [2.45, 2.75) is 27.1 Å². The van der Waals surface area contributed by atoms with Gasteiger partial charge < -0.3 is 14.8 Å². The molecule has 1 N–H and O–H groups in total. The van der Waals surface area contributed by atoms with Crippen LogP contribution in [0.2, 0.25) is 0 Å². The molecule has 0 radical (unpaired) electrons. The first kappa shape index (κ1) is 22.1. The van der Waals surface area contributed by atoms with Crippen LogP contribution in [-0.2, 0) is 0 Å². The lowest BCUT2D eigenvalue weighted by Crippen LogP contribution is -2.26. The molecule has 0 bridgehead atoms. The van der Waals surface area contributed by atoms with Crippen LogP contribution in [0.5, 0.6) is 11.5 Å². The van der Waals surface area contributed by atoms with E-state index in [0.717, 1.165) is 18.2 Å². The highest BCUT2D eigenvalue weighted by molar-refractivity contribution is 6.04. The average molecular weight is 434 g/mol. The standard InChI is InChI=1S/C20H12F4N2O3.C2H6/c1-10-7-12(8-15-18(10)29-20(23,24)28-15)11-5-6-16(25-9-11)26-19(27)17-13(21)3-2-4-14(17)22;1-2/h2-9H,1H3,(H,25,26,27);1-2H3. The number of hydrogen-bond donors (Lipinski definition) is 1. The molecule has 1 aromatic heterocycles. The molecular weight excluding hydrogens is 416 g/mol. The Balaban J connectivity index is 0.00000132. The van der Waals surface area contributed by atoms with Crippen LogP contribution in [0, 0.1) is 18.6 Å². The van der Waals surface area contributed by atoms with E-state index >= 15 is 0 Å². The number of rotatable bonds is 3. The van der Waals surface area contributed by atoms with Crippen LogP contribution in [0.15, 0.2) is 48.7 Å². The summed E-state index contributed by atoms with van der Waals surface area (Å²) < 4.78 is 62.9. The Kier molecular flexibility index (Phi) is 6.14. The number of halogens is 4. The fraction of sp³-hybridized carbons (Fsp3) is 0.182. The van der Waals surface area contributed by atoms with Crippen molar-refractivity contribution in [1.29, 1.82) is 0 Å². The van der Waals surface area contributed by atoms with Gasteiger partial charge in [-0.3, -0.25) is 4.79 Å². The van der Waals surface area contributed by atoms with Crippen LogP contribution < -0.4 is 14.8 Å². The van der Waals surface area contributed by atoms with Crippen molar-refractivity contribution in [3.63, 3.8) is 0 Å². The van der Waals surface area contributed by atoms with Gasteiger partial charge in [0.05, 0.1) is 0 Å². The summed E-state index contributed by atoms with van der Waals surface area (Å²) in [5.74, 6) is -3.05. The molecule has 0 saturated carbocycles. The minimum absolute atomic E-state index is 0.0393. The van der Waals surface area contributed by atoms with Gasteiger partial charge in [-0.25, -0.2) is 13.8 Å². The number of ether oxygens (including phenoxy) is 2. The normalized spacial score (nSPS) is 13.3. The number of nitrogens with zero attached hydrogens (tertiary/aromatic N) is 1. The SMILES string of the molecule is CC.Cc1cc(-c2ccc(NC(=O)c3c(F)cccc3F)nc2)cc2c1OC(F)(F)O2. The molecule has 0 unspecified atom stereocenters. The summed E-state index contributed by atoms with van der Waals surface area (Å²) in [5, 5.41) is 2.31. The number of alkyl halides is 2. The second-order valence-electron chi connectivity index (χ2n) is 6.27. The molecule has 4 rings (SSSR count). The number of carbonyl (C=O) groups is 1. The minimum Gasteiger partial charge on any atom is -0.395 e. The van der Waals surface area contributed by atoms with Crippen molar-refractivity contribution in [2.24, 2.45) is 0 Å². The highest BCUT2D eigenvalue weighted by atomic mass is 19.3. The van der Waals surface area contributed by atoms with Gasteiger partial charge in [-0.1, -0.05) is 19.9 Å². The Hall–Kier alpha value is -3.62. The van der Waals surface area contributed by atoms with Gasteiger partial charge in [-0.15, -0.1) is 8.78 Å². The molecule has 2 heterocycles. The van der Waals surface area contributed by atoms with Gasteiger partial charge in [-0.2, -0.15) is 0 Å². The third-order valence-corrected chi connectivity index (χ3v) is 4.22. The van der Waals surface area contributed by atoms with Crippen molar-refractivity contribution in [2.75, 3.05) is 5.32 Å². The van der Waals surface area contributed by atoms with Crippen LogP contribution in [-0.4, -0.2) is 17.2 Å². The molecule has 0 saturated heterocycles. The Morgan fingerprint density at radius 1 is 1.00 bits per heavy atom. The minimum atomic E-state index is -3.72. The van der Waals surface area contributed by atoms with E-state index in [9.17, 15) is 22.4 Å². The number of carbonyl (C=O) groups excluding carboxylic acids is 1. The Morgan fingerprint density at radius 3 is 2.29 bits per heavy atom. The van der Waals surface area contributed by atoms with E-state index in [1.54, 1.807) is 19.1 Å². The van der Waals surface area contributed by atoms with Crippen molar-refractivity contribution >= 4 is 11.7 Å². The van der Waals surface area contributed by atoms with Gasteiger partial charge in [0.25, 0.3) is 5.91 Å². The van der Waals surface area contributed by atoms with E-state index in [-0.39, 0.29) is 17.3 Å². The molecule has 1 aliphatic heterocycles. The van der Waals surface area contributed by atoms with Crippen LogP contribution in [0.1, 0.15) is 29.8 Å².